The summed E-state index contributed by atoms with van der Waals surface area (Å²) in [6.07, 6.45) is 7.78. The van der Waals surface area contributed by atoms with Gasteiger partial charge in [-0.25, -0.2) is 8.42 Å². The molecule has 0 spiro atoms. The molecule has 1 aliphatic carbocycles. The molecule has 3 nitrogen and oxygen atoms in total. The van der Waals surface area contributed by atoms with Crippen molar-refractivity contribution in [2.75, 3.05) is 12.0 Å². The number of hydrogen-bond acceptors (Lipinski definition) is 3. The normalized spacial score (nSPS) is 29.0. The lowest BCUT2D eigenvalue weighted by Crippen LogP contribution is -2.26. The first-order valence-electron chi connectivity index (χ1n) is 5.40. The summed E-state index contributed by atoms with van der Waals surface area (Å²) < 4.78 is 21.8. The second kappa shape index (κ2) is 5.12. The van der Waals surface area contributed by atoms with E-state index in [9.17, 15) is 8.42 Å². The number of nitrogens with two attached hydrogens (primary N) is 1. The van der Waals surface area contributed by atoms with Crippen LogP contribution in [0.1, 0.15) is 38.5 Å². The fourth-order valence-corrected chi connectivity index (χ4v) is 2.80. The van der Waals surface area contributed by atoms with Gasteiger partial charge in [0.05, 0.1) is 0 Å². The molecule has 1 saturated carbocycles. The van der Waals surface area contributed by atoms with Gasteiger partial charge in [0.15, 0.2) is 0 Å². The van der Waals surface area contributed by atoms with Gasteiger partial charge in [0.2, 0.25) is 0 Å². The molecule has 2 N–H and O–H groups in total. The summed E-state index contributed by atoms with van der Waals surface area (Å²) in [6, 6.07) is 0.390. The largest absolute Gasteiger partial charge is 0.328 e. The lowest BCUT2D eigenvalue weighted by Gasteiger charge is -2.25. The predicted octanol–water partition coefficient (Wildman–Crippen LogP) is 1.33. The van der Waals surface area contributed by atoms with Gasteiger partial charge in [-0.1, -0.05) is 0 Å². The Kier molecular flexibility index (Phi) is 4.38. The van der Waals surface area contributed by atoms with Crippen LogP contribution < -0.4 is 5.73 Å². The van der Waals surface area contributed by atoms with E-state index in [1.54, 1.807) is 0 Å². The van der Waals surface area contributed by atoms with Crippen molar-refractivity contribution in [1.82, 2.24) is 0 Å². The molecule has 0 bridgehead atoms. The molecular weight excluding hydrogens is 198 g/mol. The van der Waals surface area contributed by atoms with Gasteiger partial charge < -0.3 is 5.73 Å². The highest BCUT2D eigenvalue weighted by molar-refractivity contribution is 7.90. The minimum Gasteiger partial charge on any atom is -0.328 e. The van der Waals surface area contributed by atoms with Crippen molar-refractivity contribution < 1.29 is 8.42 Å². The van der Waals surface area contributed by atoms with Crippen molar-refractivity contribution in [1.29, 1.82) is 0 Å². The van der Waals surface area contributed by atoms with Crippen LogP contribution in [0.4, 0.5) is 0 Å². The van der Waals surface area contributed by atoms with Crippen LogP contribution in [-0.2, 0) is 9.84 Å². The van der Waals surface area contributed by atoms with Gasteiger partial charge in [-0.3, -0.25) is 0 Å². The molecule has 0 saturated heterocycles. The summed E-state index contributed by atoms with van der Waals surface area (Å²) in [5, 5.41) is 0. The van der Waals surface area contributed by atoms with Crippen molar-refractivity contribution >= 4 is 9.84 Å². The highest BCUT2D eigenvalue weighted by Gasteiger charge is 2.18. The third-order valence-electron chi connectivity index (χ3n) is 3.02. The topological polar surface area (TPSA) is 60.2 Å². The highest BCUT2D eigenvalue weighted by Crippen LogP contribution is 2.26. The maximum absolute atomic E-state index is 10.9. The zero-order chi connectivity index (χ0) is 10.6. The van der Waals surface area contributed by atoms with Gasteiger partial charge in [0.1, 0.15) is 9.84 Å². The SMILES string of the molecule is CS(=O)(=O)CCCC1CCC(N)CC1. The fourth-order valence-electron chi connectivity index (χ4n) is 2.11. The molecule has 0 heterocycles. The Labute approximate surface area is 87.0 Å². The summed E-state index contributed by atoms with van der Waals surface area (Å²) in [4.78, 5) is 0. The molecule has 0 unspecified atom stereocenters. The van der Waals surface area contributed by atoms with Gasteiger partial charge in [0, 0.05) is 18.1 Å². The average molecular weight is 219 g/mol. The molecule has 1 fully saturated rings. The predicted molar refractivity (Wildman–Crippen MR) is 58.9 cm³/mol. The van der Waals surface area contributed by atoms with Crippen LogP contribution >= 0.6 is 0 Å². The zero-order valence-electron chi connectivity index (χ0n) is 8.91. The Morgan fingerprint density at radius 1 is 1.21 bits per heavy atom. The van der Waals surface area contributed by atoms with E-state index < -0.39 is 9.84 Å². The van der Waals surface area contributed by atoms with E-state index in [4.69, 9.17) is 5.73 Å². The molecule has 84 valence electrons. The summed E-state index contributed by atoms with van der Waals surface area (Å²) in [5.41, 5.74) is 5.80. The zero-order valence-corrected chi connectivity index (χ0v) is 9.72. The van der Waals surface area contributed by atoms with Crippen molar-refractivity contribution in [3.8, 4) is 0 Å². The number of sulfone groups is 1. The standard InChI is InChI=1S/C10H21NO2S/c1-14(12,13)8-2-3-9-4-6-10(11)7-5-9/h9-10H,2-8,11H2,1H3. The molecule has 0 radical (unpaired) electrons. The molecule has 1 rings (SSSR count). The van der Waals surface area contributed by atoms with Crippen LogP contribution in [0, 0.1) is 5.92 Å². The molecule has 0 aromatic carbocycles. The molecule has 0 aliphatic heterocycles. The van der Waals surface area contributed by atoms with Gasteiger partial charge in [-0.2, -0.15) is 0 Å². The second-order valence-corrected chi connectivity index (χ2v) is 6.81. The minimum atomic E-state index is -2.76. The van der Waals surface area contributed by atoms with E-state index in [0.29, 0.717) is 11.8 Å². The van der Waals surface area contributed by atoms with E-state index >= 15 is 0 Å². The lowest BCUT2D eigenvalue weighted by molar-refractivity contribution is 0.309. The monoisotopic (exact) mass is 219 g/mol. The quantitative estimate of drug-likeness (QED) is 0.776. The lowest BCUT2D eigenvalue weighted by atomic mass is 9.84. The maximum atomic E-state index is 10.9. The molecule has 0 aromatic heterocycles. The van der Waals surface area contributed by atoms with Crippen LogP contribution in [0.15, 0.2) is 0 Å². The first-order chi connectivity index (χ1) is 6.47. The molecule has 0 aromatic rings. The van der Waals surface area contributed by atoms with Gasteiger partial charge in [-0.15, -0.1) is 0 Å². The first kappa shape index (κ1) is 12.0. The maximum Gasteiger partial charge on any atom is 0.147 e. The van der Waals surface area contributed by atoms with Gasteiger partial charge >= 0.3 is 0 Å². The van der Waals surface area contributed by atoms with E-state index in [0.717, 1.165) is 31.6 Å². The summed E-state index contributed by atoms with van der Waals surface area (Å²) in [5.74, 6) is 1.06. The Balaban J connectivity index is 2.14. The molecule has 0 atom stereocenters. The Bertz CT molecular complexity index is 253. The smallest absolute Gasteiger partial charge is 0.147 e. The summed E-state index contributed by atoms with van der Waals surface area (Å²) >= 11 is 0. The molecule has 14 heavy (non-hydrogen) atoms. The van der Waals surface area contributed by atoms with Gasteiger partial charge in [0.25, 0.3) is 0 Å². The van der Waals surface area contributed by atoms with E-state index in [-0.39, 0.29) is 0 Å². The number of hydrogen-bond donors (Lipinski definition) is 1. The average Bonchev–Trinajstić information content (AvgIpc) is 2.06. The molecule has 0 amide bonds. The van der Waals surface area contributed by atoms with Crippen molar-refractivity contribution in [2.24, 2.45) is 11.7 Å². The van der Waals surface area contributed by atoms with Crippen LogP contribution in [0.2, 0.25) is 0 Å². The van der Waals surface area contributed by atoms with Crippen LogP contribution in [0.3, 0.4) is 0 Å². The first-order valence-corrected chi connectivity index (χ1v) is 7.47. The van der Waals surface area contributed by atoms with Crippen molar-refractivity contribution in [2.45, 2.75) is 44.6 Å². The van der Waals surface area contributed by atoms with E-state index in [2.05, 4.69) is 0 Å². The van der Waals surface area contributed by atoms with Crippen molar-refractivity contribution in [3.05, 3.63) is 0 Å². The third kappa shape index (κ3) is 4.96. The van der Waals surface area contributed by atoms with Crippen LogP contribution in [-0.4, -0.2) is 26.5 Å². The Morgan fingerprint density at radius 3 is 2.29 bits per heavy atom. The van der Waals surface area contributed by atoms with Crippen molar-refractivity contribution in [3.63, 3.8) is 0 Å². The fraction of sp³-hybridized carbons (Fsp3) is 1.00. The van der Waals surface area contributed by atoms with Crippen LogP contribution in [0.25, 0.3) is 0 Å². The van der Waals surface area contributed by atoms with E-state index in [1.165, 1.54) is 19.1 Å². The Morgan fingerprint density at radius 2 is 1.79 bits per heavy atom. The molecular formula is C10H21NO2S. The summed E-state index contributed by atoms with van der Waals surface area (Å²) in [7, 11) is -2.76. The van der Waals surface area contributed by atoms with Crippen LogP contribution in [0.5, 0.6) is 0 Å². The van der Waals surface area contributed by atoms with E-state index in [1.807, 2.05) is 0 Å². The second-order valence-electron chi connectivity index (χ2n) is 4.55. The highest BCUT2D eigenvalue weighted by atomic mass is 32.2. The number of rotatable bonds is 4. The third-order valence-corrected chi connectivity index (χ3v) is 4.05. The van der Waals surface area contributed by atoms with Gasteiger partial charge in [-0.05, 0) is 44.4 Å². The Hall–Kier alpha value is -0.0900. The minimum absolute atomic E-state index is 0.343. The molecule has 4 heteroatoms. The molecule has 1 aliphatic rings. The summed E-state index contributed by atoms with van der Waals surface area (Å²) in [6.45, 7) is 0.